The van der Waals surface area contributed by atoms with Crippen molar-refractivity contribution < 1.29 is 4.79 Å². The molecule has 0 saturated heterocycles. The summed E-state index contributed by atoms with van der Waals surface area (Å²) in [6.07, 6.45) is 1.59. The third-order valence-corrected chi connectivity index (χ3v) is 6.01. The van der Waals surface area contributed by atoms with Crippen LogP contribution in [0.1, 0.15) is 33.0 Å². The molecule has 1 aromatic carbocycles. The predicted molar refractivity (Wildman–Crippen MR) is 109 cm³/mol. The van der Waals surface area contributed by atoms with E-state index in [1.807, 2.05) is 49.8 Å². The van der Waals surface area contributed by atoms with Gasteiger partial charge in [-0.2, -0.15) is 10.2 Å². The van der Waals surface area contributed by atoms with E-state index in [0.717, 1.165) is 27.1 Å². The molecular weight excluding hydrogens is 430 g/mol. The van der Waals surface area contributed by atoms with Crippen molar-refractivity contribution in [3.63, 3.8) is 0 Å². The molecule has 0 spiro atoms. The number of halogens is 2. The Morgan fingerprint density at radius 2 is 2.07 bits per heavy atom. The number of amides is 1. The zero-order valence-corrected chi connectivity index (χ0v) is 18.0. The maximum absolute atomic E-state index is 12.8. The molecule has 0 N–H and O–H groups in total. The first-order valence-corrected chi connectivity index (χ1v) is 9.65. The second kappa shape index (κ2) is 7.86. The zero-order chi connectivity index (χ0) is 19.7. The summed E-state index contributed by atoms with van der Waals surface area (Å²) in [6, 6.07) is 7.63. The standard InChI is InChI=1S/C19H21BrClN5O/c1-12-18(20)13(2)26(23-12)10-14-6-5-7-15(8-14)19(27)24(3)11-17-16(21)9-22-25(17)4/h5-9H,10-11H2,1-4H3. The molecule has 3 rings (SSSR count). The van der Waals surface area contributed by atoms with Crippen molar-refractivity contribution in [3.05, 3.63) is 68.2 Å². The van der Waals surface area contributed by atoms with Crippen LogP contribution < -0.4 is 0 Å². The lowest BCUT2D eigenvalue weighted by atomic mass is 10.1. The van der Waals surface area contributed by atoms with Gasteiger partial charge in [0.05, 0.1) is 45.9 Å². The number of benzene rings is 1. The van der Waals surface area contributed by atoms with E-state index >= 15 is 0 Å². The highest BCUT2D eigenvalue weighted by atomic mass is 79.9. The van der Waals surface area contributed by atoms with Crippen molar-refractivity contribution in [1.82, 2.24) is 24.5 Å². The Bertz CT molecular complexity index is 975. The van der Waals surface area contributed by atoms with Gasteiger partial charge in [0.25, 0.3) is 5.91 Å². The Kier molecular flexibility index (Phi) is 5.72. The van der Waals surface area contributed by atoms with Gasteiger partial charge in [-0.25, -0.2) is 0 Å². The van der Waals surface area contributed by atoms with Gasteiger partial charge in [0, 0.05) is 19.7 Å². The average Bonchev–Trinajstić information content (AvgIpc) is 3.09. The van der Waals surface area contributed by atoms with Crippen molar-refractivity contribution in [2.75, 3.05) is 7.05 Å². The molecule has 142 valence electrons. The van der Waals surface area contributed by atoms with E-state index in [1.54, 1.807) is 22.8 Å². The Labute approximate surface area is 171 Å². The molecule has 0 fully saturated rings. The third-order valence-electron chi connectivity index (χ3n) is 4.54. The lowest BCUT2D eigenvalue weighted by molar-refractivity contribution is 0.0782. The van der Waals surface area contributed by atoms with Crippen molar-refractivity contribution in [3.8, 4) is 0 Å². The minimum atomic E-state index is -0.0661. The predicted octanol–water partition coefficient (Wildman–Crippen LogP) is 3.97. The third kappa shape index (κ3) is 4.09. The van der Waals surface area contributed by atoms with Crippen molar-refractivity contribution in [2.45, 2.75) is 26.9 Å². The second-order valence-electron chi connectivity index (χ2n) is 6.57. The monoisotopic (exact) mass is 449 g/mol. The molecule has 0 bridgehead atoms. The van der Waals surface area contributed by atoms with Gasteiger partial charge < -0.3 is 4.90 Å². The van der Waals surface area contributed by atoms with Gasteiger partial charge in [-0.3, -0.25) is 14.2 Å². The number of carbonyl (C=O) groups is 1. The van der Waals surface area contributed by atoms with Gasteiger partial charge in [0.1, 0.15) is 0 Å². The van der Waals surface area contributed by atoms with Gasteiger partial charge in [0.2, 0.25) is 0 Å². The van der Waals surface area contributed by atoms with E-state index in [2.05, 4.69) is 26.1 Å². The first-order valence-electron chi connectivity index (χ1n) is 8.48. The highest BCUT2D eigenvalue weighted by molar-refractivity contribution is 9.10. The molecule has 0 unspecified atom stereocenters. The summed E-state index contributed by atoms with van der Waals surface area (Å²) in [4.78, 5) is 14.5. The molecule has 0 aliphatic carbocycles. The summed E-state index contributed by atoms with van der Waals surface area (Å²) in [5.41, 5.74) is 4.47. The summed E-state index contributed by atoms with van der Waals surface area (Å²) in [7, 11) is 3.57. The van der Waals surface area contributed by atoms with E-state index < -0.39 is 0 Å². The molecule has 0 atom stereocenters. The maximum Gasteiger partial charge on any atom is 0.253 e. The van der Waals surface area contributed by atoms with Crippen LogP contribution in [0.25, 0.3) is 0 Å². The number of carbonyl (C=O) groups excluding carboxylic acids is 1. The first kappa shape index (κ1) is 19.6. The van der Waals surface area contributed by atoms with Crippen LogP contribution in [-0.2, 0) is 20.1 Å². The molecule has 0 aliphatic heterocycles. The average molecular weight is 451 g/mol. The van der Waals surface area contributed by atoms with E-state index in [9.17, 15) is 4.79 Å². The smallest absolute Gasteiger partial charge is 0.253 e. The summed E-state index contributed by atoms with van der Waals surface area (Å²) in [5.74, 6) is -0.0661. The highest BCUT2D eigenvalue weighted by Crippen LogP contribution is 2.21. The molecule has 0 aliphatic rings. The Morgan fingerprint density at radius 3 is 2.67 bits per heavy atom. The van der Waals surface area contributed by atoms with Crippen molar-refractivity contribution in [2.24, 2.45) is 7.05 Å². The van der Waals surface area contributed by atoms with Gasteiger partial charge in [-0.05, 0) is 47.5 Å². The minimum Gasteiger partial charge on any atom is -0.336 e. The number of aromatic nitrogens is 4. The fourth-order valence-corrected chi connectivity index (χ4v) is 3.45. The highest BCUT2D eigenvalue weighted by Gasteiger charge is 2.17. The Morgan fingerprint density at radius 1 is 1.33 bits per heavy atom. The first-order chi connectivity index (χ1) is 12.8. The van der Waals surface area contributed by atoms with Gasteiger partial charge in [-0.15, -0.1) is 0 Å². The fraction of sp³-hybridized carbons (Fsp3) is 0.316. The maximum atomic E-state index is 12.8. The quantitative estimate of drug-likeness (QED) is 0.591. The fourth-order valence-electron chi connectivity index (χ4n) is 2.94. The van der Waals surface area contributed by atoms with Crippen molar-refractivity contribution >= 4 is 33.4 Å². The molecule has 6 nitrogen and oxygen atoms in total. The lowest BCUT2D eigenvalue weighted by Crippen LogP contribution is -2.27. The number of nitrogens with zero attached hydrogens (tertiary/aromatic N) is 5. The molecule has 0 saturated carbocycles. The lowest BCUT2D eigenvalue weighted by Gasteiger charge is -2.18. The van der Waals surface area contributed by atoms with Crippen LogP contribution in [0.15, 0.2) is 34.9 Å². The Hall–Kier alpha value is -2.12. The molecule has 2 aromatic heterocycles. The number of rotatable bonds is 5. The van der Waals surface area contributed by atoms with Gasteiger partial charge in [-0.1, -0.05) is 23.7 Å². The van der Waals surface area contributed by atoms with Crippen LogP contribution in [0.4, 0.5) is 0 Å². The minimum absolute atomic E-state index is 0.0661. The van der Waals surface area contributed by atoms with Crippen LogP contribution in [0.5, 0.6) is 0 Å². The van der Waals surface area contributed by atoms with Crippen LogP contribution in [-0.4, -0.2) is 37.4 Å². The molecule has 3 aromatic rings. The van der Waals surface area contributed by atoms with Crippen LogP contribution in [0.3, 0.4) is 0 Å². The molecule has 27 heavy (non-hydrogen) atoms. The van der Waals surface area contributed by atoms with E-state index in [1.165, 1.54) is 0 Å². The largest absolute Gasteiger partial charge is 0.336 e. The molecule has 8 heteroatoms. The van der Waals surface area contributed by atoms with E-state index in [0.29, 0.717) is 23.7 Å². The zero-order valence-electron chi connectivity index (χ0n) is 15.7. The van der Waals surface area contributed by atoms with Crippen LogP contribution in [0, 0.1) is 13.8 Å². The van der Waals surface area contributed by atoms with E-state index in [-0.39, 0.29) is 5.91 Å². The number of aryl methyl sites for hydroxylation is 2. The molecule has 2 heterocycles. The summed E-state index contributed by atoms with van der Waals surface area (Å²) >= 11 is 9.70. The van der Waals surface area contributed by atoms with Crippen LogP contribution >= 0.6 is 27.5 Å². The molecular formula is C19H21BrClN5O. The normalized spacial score (nSPS) is 11.0. The summed E-state index contributed by atoms with van der Waals surface area (Å²) in [6.45, 7) is 4.98. The summed E-state index contributed by atoms with van der Waals surface area (Å²) in [5, 5.41) is 9.20. The van der Waals surface area contributed by atoms with Crippen molar-refractivity contribution in [1.29, 1.82) is 0 Å². The Balaban J connectivity index is 1.78. The molecule has 0 radical (unpaired) electrons. The molecule has 1 amide bonds. The number of hydrogen-bond donors (Lipinski definition) is 0. The van der Waals surface area contributed by atoms with Crippen LogP contribution in [0.2, 0.25) is 5.02 Å². The second-order valence-corrected chi connectivity index (χ2v) is 7.77. The SMILES string of the molecule is Cc1nn(Cc2cccc(C(=O)N(C)Cc3c(Cl)cnn3C)c2)c(C)c1Br. The number of hydrogen-bond acceptors (Lipinski definition) is 3. The van der Waals surface area contributed by atoms with Gasteiger partial charge in [0.15, 0.2) is 0 Å². The van der Waals surface area contributed by atoms with Gasteiger partial charge >= 0.3 is 0 Å². The topological polar surface area (TPSA) is 56.0 Å². The van der Waals surface area contributed by atoms with E-state index in [4.69, 9.17) is 11.6 Å². The summed E-state index contributed by atoms with van der Waals surface area (Å²) < 4.78 is 4.63.